The van der Waals surface area contributed by atoms with E-state index in [1.807, 2.05) is 185 Å². The van der Waals surface area contributed by atoms with Crippen molar-refractivity contribution in [3.05, 3.63) is 539 Å². The molecule has 0 fully saturated rings. The van der Waals surface area contributed by atoms with Crippen LogP contribution in [0.25, 0.3) is 169 Å². The Morgan fingerprint density at radius 2 is 0.302 bits per heavy atom. The van der Waals surface area contributed by atoms with Gasteiger partial charge in [-0.05, 0) is 192 Å². The molecule has 0 N–H and O–H groups in total. The van der Waals surface area contributed by atoms with Crippen LogP contribution in [0.3, 0.4) is 0 Å². The minimum atomic E-state index is 1.08. The summed E-state index contributed by atoms with van der Waals surface area (Å²) in [5.74, 6) is 0. The number of fused-ring (bicyclic) bond motifs is 12. The van der Waals surface area contributed by atoms with Crippen LogP contribution in [0.5, 0.6) is 0 Å². The Kier molecular flexibility index (Phi) is 49.2. The Hall–Kier alpha value is -15.6. The number of rotatable bonds is 3. The molecule has 700 valence electrons. The Balaban J connectivity index is 0.000000189. The molecule has 0 amide bonds. The number of benzene rings is 24. The fourth-order valence-electron chi connectivity index (χ4n) is 16.3. The van der Waals surface area contributed by atoms with Crippen molar-refractivity contribution in [3.63, 3.8) is 0 Å². The quantitative estimate of drug-likeness (QED) is 0.122. The van der Waals surface area contributed by atoms with Gasteiger partial charge in [-0.3, -0.25) is 0 Å². The zero-order valence-electron chi connectivity index (χ0n) is 85.5. The monoisotopic (exact) mass is 1810 g/mol. The van der Waals surface area contributed by atoms with E-state index in [0.717, 1.165) is 6.42 Å². The van der Waals surface area contributed by atoms with Crippen LogP contribution >= 0.6 is 0 Å². The van der Waals surface area contributed by atoms with Gasteiger partial charge in [0.25, 0.3) is 0 Å². The summed E-state index contributed by atoms with van der Waals surface area (Å²) in [5.41, 5.74) is 10.4. The summed E-state index contributed by atoms with van der Waals surface area (Å²) in [6.45, 7) is 36.0. The van der Waals surface area contributed by atoms with Crippen LogP contribution < -0.4 is 0 Å². The third-order valence-corrected chi connectivity index (χ3v) is 22.3. The first-order chi connectivity index (χ1) is 69.1. The van der Waals surface area contributed by atoms with Gasteiger partial charge < -0.3 is 0 Å². The highest BCUT2D eigenvalue weighted by atomic mass is 14.1. The first-order valence-electron chi connectivity index (χ1n) is 50.7. The van der Waals surface area contributed by atoms with E-state index in [1.165, 1.54) is 174 Å². The standard InChI is InChI=1S/C18H12.C18H14.C16H10.2C14H10.C13H10.C12H10.C10H8.C6H6.9C2H6/c1-2-8-14-13(7-1)15-9-3-4-11-17(15)18-12-6-5-10-16(14)18;1-3-7-15(8-4-1)17-11-13-18(14-12-17)16-9-5-2-6-10-16;1-3-11-7-9-13-5-2-6-14-10-8-12(4-1)15(11)16(13)14;1-3-7-13-11(5-1)9-10-12-6-2-4-8-14(12)13;1-2-6-12-10-14-8-4-3-7-13(14)9-11(12)5-1;1-4-10-6-2-8-12-9-3-7-11(5-1)13(10)12;1-3-7-11(8-4-1)12-9-5-2-6-10-12;1-2-6-10-8-4-3-7-9(10)5-1;1-2-4-6-5-3-1;9*1-2/h1-12H;1-14H;1-10H;2*1-10H;1-8H,9H2;1-10H;1-8H;1-6H;9*1-2H3. The number of allylic oxidation sites excluding steroid dienone is 1. The molecule has 0 atom stereocenters. The average molecular weight is 1810 g/mol. The Bertz CT molecular complexity index is 6780. The molecule has 1 aliphatic rings. The lowest BCUT2D eigenvalue weighted by molar-refractivity contribution is 1.29. The Morgan fingerprint density at radius 3 is 0.568 bits per heavy atom. The van der Waals surface area contributed by atoms with Crippen molar-refractivity contribution < 1.29 is 0 Å². The summed E-state index contributed by atoms with van der Waals surface area (Å²) >= 11 is 0. The lowest BCUT2D eigenvalue weighted by Gasteiger charge is -2.11. The van der Waals surface area contributed by atoms with E-state index >= 15 is 0 Å². The highest BCUT2D eigenvalue weighted by Crippen LogP contribution is 2.37. The normalized spacial score (nSPS) is 9.88. The molecule has 0 saturated heterocycles. The molecular formula is C139H144. The predicted molar refractivity (Wildman–Crippen MR) is 630 cm³/mol. The predicted octanol–water partition coefficient (Wildman–Crippen LogP) is 43.3. The van der Waals surface area contributed by atoms with Gasteiger partial charge in [-0.1, -0.05) is 646 Å². The molecule has 0 nitrogen and oxygen atoms in total. The highest BCUT2D eigenvalue weighted by molar-refractivity contribution is 6.26. The summed E-state index contributed by atoms with van der Waals surface area (Å²) in [6.07, 6.45) is 5.53. The van der Waals surface area contributed by atoms with Gasteiger partial charge in [-0.25, -0.2) is 0 Å². The molecule has 0 unspecified atom stereocenters. The fraction of sp³-hybridized carbons (Fsp3) is 0.137. The van der Waals surface area contributed by atoms with Crippen LogP contribution in [0.1, 0.15) is 136 Å². The minimum absolute atomic E-state index is 1.08. The average Bonchev–Trinajstić information content (AvgIpc) is 0.752. The van der Waals surface area contributed by atoms with Gasteiger partial charge in [0.1, 0.15) is 0 Å². The Morgan fingerprint density at radius 1 is 0.122 bits per heavy atom. The largest absolute Gasteiger partial charge is 0.0795 e. The van der Waals surface area contributed by atoms with Crippen LogP contribution in [-0.4, -0.2) is 0 Å². The van der Waals surface area contributed by atoms with Crippen LogP contribution in [0.4, 0.5) is 0 Å². The SMILES string of the molecule is C1=Cc2cccc3cccc(c23)C1.CC.CC.CC.CC.CC.CC.CC.CC.CC.c1cc2ccc3cccc4ccc(c1)c2c34.c1ccc(-c2ccc(-c3ccccc3)cc2)cc1.c1ccc(-c2ccccc2)cc1.c1ccc2c(c1)c1ccccc1c1ccccc21.c1ccc2c(c1)ccc1ccccc12.c1ccc2cc3ccccc3cc2c1.c1ccc2ccccc2c1.c1ccccc1. The van der Waals surface area contributed by atoms with E-state index in [4.69, 9.17) is 0 Å². The summed E-state index contributed by atoms with van der Waals surface area (Å²) in [6, 6.07) is 183. The number of hydrogen-bond acceptors (Lipinski definition) is 0. The third-order valence-electron chi connectivity index (χ3n) is 22.3. The summed E-state index contributed by atoms with van der Waals surface area (Å²) in [5, 5.41) is 32.1. The van der Waals surface area contributed by atoms with E-state index in [2.05, 4.69) is 473 Å². The van der Waals surface area contributed by atoms with Crippen molar-refractivity contribution in [1.29, 1.82) is 0 Å². The maximum absolute atomic E-state index is 2.24. The zero-order valence-corrected chi connectivity index (χ0v) is 85.5. The molecule has 0 aromatic heterocycles. The molecule has 1 aliphatic carbocycles. The summed E-state index contributed by atoms with van der Waals surface area (Å²) in [4.78, 5) is 0. The molecule has 0 bridgehead atoms. The molecule has 25 rings (SSSR count). The lowest BCUT2D eigenvalue weighted by atomic mass is 9.93. The molecule has 0 heteroatoms. The second-order valence-corrected chi connectivity index (χ2v) is 30.0. The van der Waals surface area contributed by atoms with E-state index < -0.39 is 0 Å². The first kappa shape index (κ1) is 109. The first-order valence-corrected chi connectivity index (χ1v) is 50.7. The van der Waals surface area contributed by atoms with Crippen molar-refractivity contribution >= 4 is 135 Å². The van der Waals surface area contributed by atoms with Gasteiger partial charge >= 0.3 is 0 Å². The maximum atomic E-state index is 2.24. The van der Waals surface area contributed by atoms with E-state index in [1.54, 1.807) is 0 Å². The van der Waals surface area contributed by atoms with Gasteiger partial charge in [-0.2, -0.15) is 0 Å². The van der Waals surface area contributed by atoms with Crippen LogP contribution in [0.15, 0.2) is 528 Å². The van der Waals surface area contributed by atoms with Gasteiger partial charge in [0, 0.05) is 0 Å². The fourth-order valence-corrected chi connectivity index (χ4v) is 16.3. The molecular weight excluding hydrogens is 1670 g/mol. The van der Waals surface area contributed by atoms with Gasteiger partial charge in [0.15, 0.2) is 0 Å². The summed E-state index contributed by atoms with van der Waals surface area (Å²) < 4.78 is 0. The van der Waals surface area contributed by atoms with E-state index in [-0.39, 0.29) is 0 Å². The highest BCUT2D eigenvalue weighted by Gasteiger charge is 2.11. The molecule has 139 heavy (non-hydrogen) atoms. The van der Waals surface area contributed by atoms with E-state index in [9.17, 15) is 0 Å². The third kappa shape index (κ3) is 30.7. The van der Waals surface area contributed by atoms with Crippen molar-refractivity contribution in [2.24, 2.45) is 0 Å². The van der Waals surface area contributed by atoms with Gasteiger partial charge in [-0.15, -0.1) is 0 Å². The number of hydrogen-bond donors (Lipinski definition) is 0. The molecule has 24 aromatic carbocycles. The van der Waals surface area contributed by atoms with Gasteiger partial charge in [0.05, 0.1) is 0 Å². The van der Waals surface area contributed by atoms with Gasteiger partial charge in [0.2, 0.25) is 0 Å². The molecule has 0 radical (unpaired) electrons. The van der Waals surface area contributed by atoms with Crippen molar-refractivity contribution in [3.8, 4) is 33.4 Å². The molecule has 24 aromatic rings. The maximum Gasteiger partial charge on any atom is -0.00268 e. The molecule has 0 spiro atoms. The molecule has 0 aliphatic heterocycles. The van der Waals surface area contributed by atoms with Crippen LogP contribution in [0, 0.1) is 0 Å². The van der Waals surface area contributed by atoms with Crippen molar-refractivity contribution in [2.75, 3.05) is 0 Å². The summed E-state index contributed by atoms with van der Waals surface area (Å²) in [7, 11) is 0. The second-order valence-electron chi connectivity index (χ2n) is 30.0. The Labute approximate surface area is 832 Å². The van der Waals surface area contributed by atoms with E-state index in [0.29, 0.717) is 0 Å². The zero-order chi connectivity index (χ0) is 99.4. The second kappa shape index (κ2) is 62.9. The topological polar surface area (TPSA) is 0 Å². The van der Waals surface area contributed by atoms with Crippen molar-refractivity contribution in [1.82, 2.24) is 0 Å². The molecule has 0 saturated carbocycles. The van der Waals surface area contributed by atoms with Crippen molar-refractivity contribution in [2.45, 2.75) is 131 Å². The lowest BCUT2D eigenvalue weighted by Crippen LogP contribution is -1.91. The van der Waals surface area contributed by atoms with Crippen LogP contribution in [0.2, 0.25) is 0 Å². The smallest absolute Gasteiger partial charge is 0.00268 e. The minimum Gasteiger partial charge on any atom is -0.0795 e. The van der Waals surface area contributed by atoms with Crippen LogP contribution in [-0.2, 0) is 6.42 Å². The molecule has 0 heterocycles.